The highest BCUT2D eigenvalue weighted by Gasteiger charge is 2.15. The van der Waals surface area contributed by atoms with Crippen LogP contribution in [0.3, 0.4) is 0 Å². The molecule has 0 N–H and O–H groups in total. The van der Waals surface area contributed by atoms with Gasteiger partial charge in [-0.25, -0.2) is 0 Å². The van der Waals surface area contributed by atoms with Gasteiger partial charge in [-0.3, -0.25) is 0 Å². The molecule has 10 heavy (non-hydrogen) atoms. The molecule has 0 spiro atoms. The van der Waals surface area contributed by atoms with E-state index in [1.54, 1.807) is 5.20 Å². The molecule has 0 atom stereocenters. The van der Waals surface area contributed by atoms with Gasteiger partial charge in [0.15, 0.2) is 0 Å². The van der Waals surface area contributed by atoms with Crippen molar-refractivity contribution < 1.29 is 0 Å². The molecule has 0 aromatic carbocycles. The van der Waals surface area contributed by atoms with Crippen molar-refractivity contribution in [3.8, 4) is 0 Å². The van der Waals surface area contributed by atoms with Crippen LogP contribution in [0.4, 0.5) is 0 Å². The second kappa shape index (κ2) is 3.97. The molecular formula is C9H22Si. The van der Waals surface area contributed by atoms with Crippen molar-refractivity contribution in [2.75, 3.05) is 0 Å². The van der Waals surface area contributed by atoms with Gasteiger partial charge in [-0.05, 0) is 20.8 Å². The Bertz CT molecular complexity index is 122. The fraction of sp³-hybridized carbons (Fsp3) is 0.778. The summed E-state index contributed by atoms with van der Waals surface area (Å²) >= 11 is 0. The van der Waals surface area contributed by atoms with Crippen molar-refractivity contribution in [3.05, 3.63) is 10.8 Å². The maximum atomic E-state index is 2.38. The lowest BCUT2D eigenvalue weighted by atomic mass is 10.3. The molecule has 0 aliphatic rings. The number of hydrogen-bond acceptors (Lipinski definition) is 0. The molecule has 0 unspecified atom stereocenters. The summed E-state index contributed by atoms with van der Waals surface area (Å²) < 4.78 is 0. The number of rotatable bonds is 1. The third kappa shape index (κ3) is 3.88. The average Bonchev–Trinajstić information content (AvgIpc) is 1.62. The van der Waals surface area contributed by atoms with E-state index < -0.39 is 8.07 Å². The second-order valence-corrected chi connectivity index (χ2v) is 9.12. The second-order valence-electron chi connectivity index (χ2n) is 3.88. The summed E-state index contributed by atoms with van der Waals surface area (Å²) in [6.45, 7) is 13.8. The van der Waals surface area contributed by atoms with E-state index in [4.69, 9.17) is 0 Å². The van der Waals surface area contributed by atoms with Crippen LogP contribution in [0, 0.1) is 0 Å². The standard InChI is InChI=1S/C8H18Si.CH4/c1-7(2)8(3)9(4,5)6;/h1-6H3;1H4. The Balaban J connectivity index is 0. The molecular weight excluding hydrogens is 136 g/mol. The van der Waals surface area contributed by atoms with Crippen molar-refractivity contribution >= 4 is 8.07 Å². The molecule has 0 amide bonds. The first kappa shape index (κ1) is 12.6. The summed E-state index contributed by atoms with van der Waals surface area (Å²) in [5.74, 6) is 0. The third-order valence-electron chi connectivity index (χ3n) is 1.88. The van der Waals surface area contributed by atoms with Crippen LogP contribution in [0.2, 0.25) is 19.6 Å². The summed E-state index contributed by atoms with van der Waals surface area (Å²) in [5, 5.41) is 1.64. The molecule has 0 saturated heterocycles. The zero-order valence-corrected chi connectivity index (χ0v) is 8.50. The van der Waals surface area contributed by atoms with Crippen LogP contribution in [-0.2, 0) is 0 Å². The van der Waals surface area contributed by atoms with Crippen LogP contribution in [0.1, 0.15) is 28.2 Å². The van der Waals surface area contributed by atoms with Gasteiger partial charge in [0.2, 0.25) is 0 Å². The van der Waals surface area contributed by atoms with Crippen LogP contribution in [-0.4, -0.2) is 8.07 Å². The lowest BCUT2D eigenvalue weighted by Crippen LogP contribution is -2.22. The third-order valence-corrected chi connectivity index (χ3v) is 4.62. The molecule has 0 aliphatic carbocycles. The first-order valence-corrected chi connectivity index (χ1v) is 7.00. The predicted octanol–water partition coefficient (Wildman–Crippen LogP) is 3.86. The molecule has 0 aliphatic heterocycles. The molecule has 0 heterocycles. The van der Waals surface area contributed by atoms with E-state index in [1.165, 1.54) is 5.57 Å². The van der Waals surface area contributed by atoms with Crippen LogP contribution in [0.5, 0.6) is 0 Å². The molecule has 0 aromatic rings. The molecule has 0 saturated carbocycles. The van der Waals surface area contributed by atoms with Gasteiger partial charge in [-0.2, -0.15) is 0 Å². The monoisotopic (exact) mass is 158 g/mol. The highest BCUT2D eigenvalue weighted by atomic mass is 28.3. The van der Waals surface area contributed by atoms with Crippen LogP contribution in [0.25, 0.3) is 0 Å². The summed E-state index contributed by atoms with van der Waals surface area (Å²) in [6.07, 6.45) is 0. The van der Waals surface area contributed by atoms with E-state index >= 15 is 0 Å². The van der Waals surface area contributed by atoms with Gasteiger partial charge in [0.25, 0.3) is 0 Å². The number of hydrogen-bond donors (Lipinski definition) is 0. The Morgan fingerprint density at radius 2 is 1.20 bits per heavy atom. The summed E-state index contributed by atoms with van der Waals surface area (Å²) in [6, 6.07) is 0. The summed E-state index contributed by atoms with van der Waals surface area (Å²) in [5.41, 5.74) is 1.51. The first-order valence-electron chi connectivity index (χ1n) is 3.50. The molecule has 1 heteroatoms. The smallest absolute Gasteiger partial charge is 0.0719 e. The van der Waals surface area contributed by atoms with Crippen LogP contribution < -0.4 is 0 Å². The molecule has 0 rings (SSSR count). The van der Waals surface area contributed by atoms with Crippen LogP contribution >= 0.6 is 0 Å². The van der Waals surface area contributed by atoms with Gasteiger partial charge in [0, 0.05) is 0 Å². The van der Waals surface area contributed by atoms with E-state index in [0.29, 0.717) is 0 Å². The zero-order chi connectivity index (χ0) is 7.65. The van der Waals surface area contributed by atoms with Crippen molar-refractivity contribution in [2.45, 2.75) is 47.8 Å². The van der Waals surface area contributed by atoms with Gasteiger partial charge in [-0.15, -0.1) is 0 Å². The average molecular weight is 158 g/mol. The molecule has 0 radical (unpaired) electrons. The fourth-order valence-electron chi connectivity index (χ4n) is 0.750. The summed E-state index contributed by atoms with van der Waals surface area (Å²) in [7, 11) is -0.944. The Hall–Kier alpha value is -0.0431. The maximum Gasteiger partial charge on any atom is 0.0719 e. The minimum Gasteiger partial charge on any atom is -0.0854 e. The Labute approximate surface area is 67.4 Å². The minimum absolute atomic E-state index is 0. The Morgan fingerprint density at radius 3 is 1.20 bits per heavy atom. The quantitative estimate of drug-likeness (QED) is 0.508. The Kier molecular flexibility index (Phi) is 5.00. The SMILES string of the molecule is C.CC(C)=C(C)[Si](C)(C)C. The lowest BCUT2D eigenvalue weighted by Gasteiger charge is -2.18. The topological polar surface area (TPSA) is 0 Å². The van der Waals surface area contributed by atoms with Crippen molar-refractivity contribution in [1.29, 1.82) is 0 Å². The van der Waals surface area contributed by atoms with Crippen LogP contribution in [0.15, 0.2) is 10.8 Å². The molecule has 0 bridgehead atoms. The highest BCUT2D eigenvalue weighted by molar-refractivity contribution is 6.83. The first-order chi connectivity index (χ1) is 3.85. The molecule has 0 nitrogen and oxygen atoms in total. The van der Waals surface area contributed by atoms with Gasteiger partial charge in [-0.1, -0.05) is 37.8 Å². The lowest BCUT2D eigenvalue weighted by molar-refractivity contribution is 1.31. The normalized spacial score (nSPS) is 10.2. The van der Waals surface area contributed by atoms with E-state index in [-0.39, 0.29) is 7.43 Å². The fourth-order valence-corrected chi connectivity index (χ4v) is 2.25. The van der Waals surface area contributed by atoms with E-state index in [9.17, 15) is 0 Å². The van der Waals surface area contributed by atoms with Gasteiger partial charge in [0.1, 0.15) is 0 Å². The zero-order valence-electron chi connectivity index (χ0n) is 7.50. The molecule has 0 aromatic heterocycles. The Morgan fingerprint density at radius 1 is 0.900 bits per heavy atom. The maximum absolute atomic E-state index is 2.38. The largest absolute Gasteiger partial charge is 0.0854 e. The molecule has 62 valence electrons. The summed E-state index contributed by atoms with van der Waals surface area (Å²) in [4.78, 5) is 0. The van der Waals surface area contributed by atoms with Crippen molar-refractivity contribution in [1.82, 2.24) is 0 Å². The van der Waals surface area contributed by atoms with Crippen molar-refractivity contribution in [2.24, 2.45) is 0 Å². The van der Waals surface area contributed by atoms with E-state index in [0.717, 1.165) is 0 Å². The van der Waals surface area contributed by atoms with E-state index in [2.05, 4.69) is 40.4 Å². The van der Waals surface area contributed by atoms with Gasteiger partial charge in [0.05, 0.1) is 8.07 Å². The molecule has 0 fully saturated rings. The highest BCUT2D eigenvalue weighted by Crippen LogP contribution is 2.16. The van der Waals surface area contributed by atoms with Crippen molar-refractivity contribution in [3.63, 3.8) is 0 Å². The van der Waals surface area contributed by atoms with E-state index in [1.807, 2.05) is 0 Å². The predicted molar refractivity (Wildman–Crippen MR) is 54.1 cm³/mol. The van der Waals surface area contributed by atoms with Gasteiger partial charge < -0.3 is 0 Å². The van der Waals surface area contributed by atoms with Gasteiger partial charge >= 0.3 is 0 Å². The number of allylic oxidation sites excluding steroid dienone is 2. The minimum atomic E-state index is -0.944.